The quantitative estimate of drug-likeness (QED) is 0.0760. The van der Waals surface area contributed by atoms with Crippen molar-refractivity contribution in [2.24, 2.45) is 50.2 Å². The number of hydrogen-bond acceptors (Lipinski definition) is 19. The highest BCUT2D eigenvalue weighted by molar-refractivity contribution is 5.82. The number of aliphatic hydroxyl groups is 11. The molecule has 0 aromatic carbocycles. The highest BCUT2D eigenvalue weighted by atomic mass is 16.7. The van der Waals surface area contributed by atoms with Crippen molar-refractivity contribution >= 4 is 5.97 Å². The van der Waals surface area contributed by atoms with E-state index >= 15 is 0 Å². The third kappa shape index (κ3) is 7.33. The predicted molar refractivity (Wildman–Crippen MR) is 230 cm³/mol. The molecule has 4 saturated carbocycles. The van der Waals surface area contributed by atoms with Crippen LogP contribution in [0.2, 0.25) is 0 Å². The van der Waals surface area contributed by atoms with Gasteiger partial charge in [0.1, 0.15) is 84.8 Å². The van der Waals surface area contributed by atoms with Gasteiger partial charge in [-0.1, -0.05) is 60.1 Å². The summed E-state index contributed by atoms with van der Waals surface area (Å²) in [4.78, 5) is 14.5. The number of carbonyl (C=O) groups is 1. The van der Waals surface area contributed by atoms with Crippen LogP contribution < -0.4 is 0 Å². The van der Waals surface area contributed by atoms with Crippen LogP contribution in [-0.2, 0) is 38.0 Å². The molecule has 0 unspecified atom stereocenters. The lowest BCUT2D eigenvalue weighted by Gasteiger charge is -2.71. The molecule has 8 fully saturated rings. The standard InChI is InChI=1S/C48H76O19/c1-43(2)14-21-20-8-9-26-45(5)12-11-27(64-40-37(59)34(56)38(24(19-51)63-40)67-41-36(58)33(55)31(53)23(18-50)62-41)44(3,4)25(45)10-13-46(26,6)47(20,7)15-29(48(21)16-28(43)66-42(48)60)65-39-35(57)32(54)30(52)22(17-49)61-39/h8,21-41,49-59H,9-19H2,1-7H3/t21-,22+,23+,24+,25-,26+,27-,28-,29+,30+,31+,32-,33-,34+,35+,36+,37+,38+,39-,40-,41-,45-,46+,47+,48+/m0/s1. The van der Waals surface area contributed by atoms with Crippen LogP contribution in [0.3, 0.4) is 0 Å². The summed E-state index contributed by atoms with van der Waals surface area (Å²) in [5.74, 6) is -0.303. The largest absolute Gasteiger partial charge is 0.461 e. The first-order chi connectivity index (χ1) is 31.4. The fourth-order valence-corrected chi connectivity index (χ4v) is 15.6. The second-order valence-corrected chi connectivity index (χ2v) is 23.7. The minimum Gasteiger partial charge on any atom is -0.461 e. The molecule has 1 spiro atoms. The fourth-order valence-electron chi connectivity index (χ4n) is 15.6. The molecule has 0 amide bonds. The van der Waals surface area contributed by atoms with Crippen LogP contribution in [0, 0.1) is 50.2 Å². The Labute approximate surface area is 391 Å². The van der Waals surface area contributed by atoms with Gasteiger partial charge in [0, 0.05) is 11.8 Å². The van der Waals surface area contributed by atoms with Crippen molar-refractivity contribution in [1.82, 2.24) is 0 Å². The van der Waals surface area contributed by atoms with Crippen LogP contribution in [0.15, 0.2) is 11.6 Å². The topological polar surface area (TPSA) is 304 Å². The zero-order chi connectivity index (χ0) is 48.7. The highest BCUT2D eigenvalue weighted by Crippen LogP contribution is 2.77. The molecule has 25 atom stereocenters. The average molecular weight is 957 g/mol. The maximum atomic E-state index is 14.5. The van der Waals surface area contributed by atoms with Crippen molar-refractivity contribution in [1.29, 1.82) is 0 Å². The van der Waals surface area contributed by atoms with Crippen molar-refractivity contribution in [3.05, 3.63) is 11.6 Å². The van der Waals surface area contributed by atoms with Gasteiger partial charge in [-0.3, -0.25) is 4.79 Å². The molecule has 0 aromatic heterocycles. The molecule has 4 aliphatic heterocycles. The van der Waals surface area contributed by atoms with E-state index in [0.29, 0.717) is 25.7 Å². The third-order valence-corrected chi connectivity index (χ3v) is 19.8. The molecule has 67 heavy (non-hydrogen) atoms. The Morgan fingerprint density at radius 3 is 1.72 bits per heavy atom. The maximum Gasteiger partial charge on any atom is 0.315 e. The second-order valence-electron chi connectivity index (χ2n) is 23.7. The number of fused-ring (bicyclic) bond motifs is 7. The first-order valence-corrected chi connectivity index (χ1v) is 24.5. The third-order valence-electron chi connectivity index (χ3n) is 19.8. The van der Waals surface area contributed by atoms with E-state index in [-0.39, 0.29) is 46.1 Å². The van der Waals surface area contributed by atoms with Gasteiger partial charge in [0.2, 0.25) is 0 Å². The summed E-state index contributed by atoms with van der Waals surface area (Å²) >= 11 is 0. The Morgan fingerprint density at radius 1 is 0.597 bits per heavy atom. The van der Waals surface area contributed by atoms with Gasteiger partial charge in [-0.2, -0.15) is 0 Å². The zero-order valence-corrected chi connectivity index (χ0v) is 39.7. The lowest BCUT2D eigenvalue weighted by Crippen LogP contribution is -2.68. The van der Waals surface area contributed by atoms with Gasteiger partial charge in [0.25, 0.3) is 0 Å². The summed E-state index contributed by atoms with van der Waals surface area (Å²) < 4.78 is 42.9. The molecule has 19 nitrogen and oxygen atoms in total. The minimum atomic E-state index is -1.78. The van der Waals surface area contributed by atoms with Crippen molar-refractivity contribution in [3.63, 3.8) is 0 Å². The lowest BCUT2D eigenvalue weighted by atomic mass is 9.33. The summed E-state index contributed by atoms with van der Waals surface area (Å²) in [5, 5.41) is 117. The van der Waals surface area contributed by atoms with Crippen LogP contribution in [0.4, 0.5) is 0 Å². The first-order valence-electron chi connectivity index (χ1n) is 24.5. The molecule has 5 aliphatic carbocycles. The normalized spacial score (nSPS) is 55.6. The van der Waals surface area contributed by atoms with Gasteiger partial charge in [-0.15, -0.1) is 0 Å². The number of ether oxygens (including phenoxy) is 7. The van der Waals surface area contributed by atoms with Crippen LogP contribution in [0.25, 0.3) is 0 Å². The Balaban J connectivity index is 0.966. The summed E-state index contributed by atoms with van der Waals surface area (Å²) in [6.07, 6.45) is -17.0. The number of allylic oxidation sites excluding steroid dienone is 2. The monoisotopic (exact) mass is 956 g/mol. The van der Waals surface area contributed by atoms with Gasteiger partial charge in [0.05, 0.1) is 32.0 Å². The fraction of sp³-hybridized carbons (Fsp3) is 0.938. The van der Waals surface area contributed by atoms with E-state index in [9.17, 15) is 61.0 Å². The zero-order valence-electron chi connectivity index (χ0n) is 39.7. The van der Waals surface area contributed by atoms with Gasteiger partial charge in [0.15, 0.2) is 18.9 Å². The van der Waals surface area contributed by atoms with E-state index in [0.717, 1.165) is 25.7 Å². The van der Waals surface area contributed by atoms with Crippen LogP contribution >= 0.6 is 0 Å². The van der Waals surface area contributed by atoms with Gasteiger partial charge < -0.3 is 89.3 Å². The van der Waals surface area contributed by atoms with E-state index in [1.54, 1.807) is 0 Å². The lowest BCUT2D eigenvalue weighted by molar-refractivity contribution is -0.368. The number of aliphatic hydroxyl groups excluding tert-OH is 11. The SMILES string of the molecule is CC1(C)C[C@H]2C3=CC[C@@H]4[C@@]5(C)CC[C@H](O[C@@H]6O[C@H](CO)[C@@H](O[C@@H]7O[C@H](CO)[C@@H](O)[C@H](O)[C@H]7O)[C@H](O)[C@H]6O)C(C)(C)[C@@H]5CC[C@@]4(C)[C@]3(C)C[C@@H](O[C@@H]3O[C@H](CO)[C@@H](O)[C@H](O)[C@H]3O)[C@@]23C[C@@H]1OC3=O. The molecule has 4 saturated heterocycles. The van der Waals surface area contributed by atoms with E-state index in [2.05, 4.69) is 54.5 Å². The van der Waals surface area contributed by atoms with Crippen molar-refractivity contribution < 1.29 is 94.1 Å². The van der Waals surface area contributed by atoms with Crippen LogP contribution in [-0.4, -0.2) is 192 Å². The van der Waals surface area contributed by atoms with Crippen LogP contribution in [0.1, 0.15) is 99.8 Å². The summed E-state index contributed by atoms with van der Waals surface area (Å²) in [7, 11) is 0. The smallest absolute Gasteiger partial charge is 0.315 e. The predicted octanol–water partition coefficient (Wildman–Crippen LogP) is -0.872. The minimum absolute atomic E-state index is 0.118. The summed E-state index contributed by atoms with van der Waals surface area (Å²) in [6, 6.07) is 0. The van der Waals surface area contributed by atoms with E-state index in [1.807, 2.05) is 0 Å². The van der Waals surface area contributed by atoms with E-state index < -0.39 is 140 Å². The van der Waals surface area contributed by atoms with Crippen molar-refractivity contribution in [2.75, 3.05) is 19.8 Å². The summed E-state index contributed by atoms with van der Waals surface area (Å²) in [5.41, 5.74) is -1.72. The highest BCUT2D eigenvalue weighted by Gasteiger charge is 2.75. The van der Waals surface area contributed by atoms with Crippen molar-refractivity contribution in [2.45, 2.75) is 210 Å². The van der Waals surface area contributed by atoms with E-state index in [4.69, 9.17) is 33.2 Å². The number of rotatable bonds is 9. The molecule has 382 valence electrons. The number of carbonyl (C=O) groups excluding carboxylic acids is 1. The molecule has 0 radical (unpaired) electrons. The second kappa shape index (κ2) is 17.3. The molecular formula is C48H76O19. The molecule has 9 aliphatic rings. The molecule has 19 heteroatoms. The van der Waals surface area contributed by atoms with Gasteiger partial charge in [-0.05, 0) is 84.4 Å². The molecular weight excluding hydrogens is 881 g/mol. The number of esters is 1. The summed E-state index contributed by atoms with van der Waals surface area (Å²) in [6.45, 7) is 13.7. The Kier molecular flexibility index (Phi) is 13.1. The molecule has 11 N–H and O–H groups in total. The first kappa shape index (κ1) is 50.5. The van der Waals surface area contributed by atoms with Gasteiger partial charge in [-0.25, -0.2) is 0 Å². The molecule has 9 rings (SSSR count). The molecule has 2 bridgehead atoms. The van der Waals surface area contributed by atoms with Crippen molar-refractivity contribution in [3.8, 4) is 0 Å². The Hall–Kier alpha value is -1.47. The molecule has 0 aromatic rings. The van der Waals surface area contributed by atoms with Gasteiger partial charge >= 0.3 is 5.97 Å². The molecule has 4 heterocycles. The maximum absolute atomic E-state index is 14.5. The van der Waals surface area contributed by atoms with E-state index in [1.165, 1.54) is 5.57 Å². The Bertz CT molecular complexity index is 1880. The Morgan fingerprint density at radius 2 is 1.13 bits per heavy atom. The average Bonchev–Trinajstić information content (AvgIpc) is 3.60. The van der Waals surface area contributed by atoms with Crippen LogP contribution in [0.5, 0.6) is 0 Å². The number of hydrogen-bond donors (Lipinski definition) is 11.